The standard InChI is InChI=1S/C64H123NO7/c1-6-10-14-18-22-26-34-44-58(45-35-27-23-19-15-11-7-2)61(66)70-55-41-32-30-38-50-64(69,52-40-43-57-72-63(68)60-48-53-65(5)54-49-60)51-39-31-33-42-56-71-62(67)59(46-36-28-24-20-16-12-8-3)47-37-29-25-21-17-13-9-4/h58-60,69H,6-57H2,1-5H3. The van der Waals surface area contributed by atoms with Crippen LogP contribution in [-0.4, -0.2) is 73.5 Å². The van der Waals surface area contributed by atoms with Gasteiger partial charge >= 0.3 is 17.9 Å². The zero-order valence-electron chi connectivity index (χ0n) is 48.8. The number of aliphatic hydroxyl groups is 1. The molecule has 1 saturated heterocycles. The first-order valence-corrected chi connectivity index (χ1v) is 32.1. The number of piperidine rings is 1. The van der Waals surface area contributed by atoms with Crippen molar-refractivity contribution in [1.29, 1.82) is 0 Å². The highest BCUT2D eigenvalue weighted by Crippen LogP contribution is 2.29. The van der Waals surface area contributed by atoms with Crippen molar-refractivity contribution in [3.05, 3.63) is 0 Å². The van der Waals surface area contributed by atoms with Gasteiger partial charge < -0.3 is 24.2 Å². The van der Waals surface area contributed by atoms with Crippen molar-refractivity contribution < 1.29 is 33.7 Å². The van der Waals surface area contributed by atoms with Gasteiger partial charge in [0.25, 0.3) is 0 Å². The molecule has 0 aromatic carbocycles. The quantitative estimate of drug-likeness (QED) is 0.0365. The first-order chi connectivity index (χ1) is 35.2. The van der Waals surface area contributed by atoms with E-state index in [2.05, 4.69) is 39.6 Å². The van der Waals surface area contributed by atoms with E-state index in [-0.39, 0.29) is 35.7 Å². The molecule has 1 N–H and O–H groups in total. The first kappa shape index (κ1) is 68.3. The SMILES string of the molecule is CCCCCCCCCC(CCCCCCCCC)C(=O)OCCCCCCC(O)(CCCCCCOC(=O)C(CCCCCCCCC)CCCCCCCCC)CCCCOC(=O)C1CCN(C)CC1. The summed E-state index contributed by atoms with van der Waals surface area (Å²) in [5.74, 6) is 0.101. The Hall–Kier alpha value is -1.67. The molecule has 1 heterocycles. The number of ether oxygens (including phenoxy) is 3. The fraction of sp³-hybridized carbons (Fsp3) is 0.953. The van der Waals surface area contributed by atoms with Crippen LogP contribution in [0.3, 0.4) is 0 Å². The molecule has 0 unspecified atom stereocenters. The lowest BCUT2D eigenvalue weighted by molar-refractivity contribution is -0.150. The van der Waals surface area contributed by atoms with Crippen LogP contribution < -0.4 is 0 Å². The summed E-state index contributed by atoms with van der Waals surface area (Å²) in [6.07, 6.45) is 52.6. The van der Waals surface area contributed by atoms with Gasteiger partial charge in [0.2, 0.25) is 0 Å². The van der Waals surface area contributed by atoms with Gasteiger partial charge in [-0.1, -0.05) is 246 Å². The Balaban J connectivity index is 2.61. The molecule has 1 fully saturated rings. The lowest BCUT2D eigenvalue weighted by Gasteiger charge is -2.29. The Bertz CT molecular complexity index is 1100. The van der Waals surface area contributed by atoms with Crippen LogP contribution in [0, 0.1) is 17.8 Å². The number of unbranched alkanes of at least 4 members (excludes halogenated alkanes) is 31. The molecule has 1 rings (SSSR count). The molecule has 0 aromatic heterocycles. The van der Waals surface area contributed by atoms with Gasteiger partial charge in [0.15, 0.2) is 0 Å². The summed E-state index contributed by atoms with van der Waals surface area (Å²) in [7, 11) is 2.11. The fourth-order valence-electron chi connectivity index (χ4n) is 11.0. The van der Waals surface area contributed by atoms with Crippen LogP contribution in [0.4, 0.5) is 0 Å². The maximum Gasteiger partial charge on any atom is 0.309 e. The largest absolute Gasteiger partial charge is 0.465 e. The smallest absolute Gasteiger partial charge is 0.309 e. The molecule has 0 amide bonds. The predicted molar refractivity (Wildman–Crippen MR) is 305 cm³/mol. The molecule has 72 heavy (non-hydrogen) atoms. The van der Waals surface area contributed by atoms with Gasteiger partial charge in [0, 0.05) is 0 Å². The summed E-state index contributed by atoms with van der Waals surface area (Å²) in [6, 6.07) is 0. The third kappa shape index (κ3) is 40.6. The van der Waals surface area contributed by atoms with Crippen molar-refractivity contribution in [1.82, 2.24) is 4.90 Å². The van der Waals surface area contributed by atoms with Crippen LogP contribution in [0.2, 0.25) is 0 Å². The molecule has 1 aliphatic rings. The average Bonchev–Trinajstić information content (AvgIpc) is 3.37. The number of likely N-dealkylation sites (tertiary alicyclic amines) is 1. The van der Waals surface area contributed by atoms with Crippen LogP contribution in [0.5, 0.6) is 0 Å². The minimum atomic E-state index is -0.741. The molecule has 0 aromatic rings. The van der Waals surface area contributed by atoms with E-state index in [9.17, 15) is 19.5 Å². The highest BCUT2D eigenvalue weighted by atomic mass is 16.5. The zero-order chi connectivity index (χ0) is 52.4. The van der Waals surface area contributed by atoms with Crippen LogP contribution in [0.15, 0.2) is 0 Å². The summed E-state index contributed by atoms with van der Waals surface area (Å²) in [5.41, 5.74) is -0.741. The van der Waals surface area contributed by atoms with Crippen molar-refractivity contribution in [2.45, 2.75) is 335 Å². The maximum absolute atomic E-state index is 13.3. The number of carbonyl (C=O) groups excluding carboxylic acids is 3. The molecular weight excluding hydrogens is 895 g/mol. The average molecular weight is 1020 g/mol. The van der Waals surface area contributed by atoms with E-state index in [1.807, 2.05) is 0 Å². The van der Waals surface area contributed by atoms with Gasteiger partial charge in [0.05, 0.1) is 43.2 Å². The molecule has 0 spiro atoms. The number of carbonyl (C=O) groups is 3. The molecule has 0 aliphatic carbocycles. The third-order valence-electron chi connectivity index (χ3n) is 16.2. The van der Waals surface area contributed by atoms with E-state index in [1.165, 1.54) is 154 Å². The summed E-state index contributed by atoms with van der Waals surface area (Å²) in [5, 5.41) is 12.0. The summed E-state index contributed by atoms with van der Waals surface area (Å²) >= 11 is 0. The predicted octanol–water partition coefficient (Wildman–Crippen LogP) is 18.6. The Labute approximate surface area is 447 Å². The van der Waals surface area contributed by atoms with Gasteiger partial charge in [-0.25, -0.2) is 0 Å². The first-order valence-electron chi connectivity index (χ1n) is 32.1. The van der Waals surface area contributed by atoms with Crippen molar-refractivity contribution in [2.24, 2.45) is 17.8 Å². The van der Waals surface area contributed by atoms with Crippen molar-refractivity contribution >= 4 is 17.9 Å². The minimum Gasteiger partial charge on any atom is -0.465 e. The van der Waals surface area contributed by atoms with Gasteiger partial charge in [-0.05, 0) is 104 Å². The Morgan fingerprint density at radius 1 is 0.403 bits per heavy atom. The second-order valence-corrected chi connectivity index (χ2v) is 23.1. The lowest BCUT2D eigenvalue weighted by atomic mass is 9.85. The van der Waals surface area contributed by atoms with E-state index in [0.717, 1.165) is 154 Å². The summed E-state index contributed by atoms with van der Waals surface area (Å²) in [6.45, 7) is 12.4. The van der Waals surface area contributed by atoms with Crippen molar-refractivity contribution in [3.8, 4) is 0 Å². The number of hydrogen-bond acceptors (Lipinski definition) is 8. The molecule has 8 nitrogen and oxygen atoms in total. The van der Waals surface area contributed by atoms with E-state index >= 15 is 0 Å². The fourth-order valence-corrected chi connectivity index (χ4v) is 11.0. The molecule has 426 valence electrons. The second-order valence-electron chi connectivity index (χ2n) is 23.1. The third-order valence-corrected chi connectivity index (χ3v) is 16.2. The monoisotopic (exact) mass is 1020 g/mol. The summed E-state index contributed by atoms with van der Waals surface area (Å²) in [4.78, 5) is 41.7. The van der Waals surface area contributed by atoms with Crippen LogP contribution >= 0.6 is 0 Å². The van der Waals surface area contributed by atoms with Crippen LogP contribution in [-0.2, 0) is 28.6 Å². The highest BCUT2D eigenvalue weighted by molar-refractivity contribution is 5.73. The molecule has 0 saturated carbocycles. The van der Waals surface area contributed by atoms with E-state index < -0.39 is 5.60 Å². The van der Waals surface area contributed by atoms with Crippen molar-refractivity contribution in [3.63, 3.8) is 0 Å². The molecule has 1 aliphatic heterocycles. The van der Waals surface area contributed by atoms with Crippen molar-refractivity contribution in [2.75, 3.05) is 40.0 Å². The maximum atomic E-state index is 13.3. The van der Waals surface area contributed by atoms with Gasteiger partial charge in [-0.15, -0.1) is 0 Å². The molecular formula is C64H123NO7. The Kier molecular flexibility index (Phi) is 47.6. The van der Waals surface area contributed by atoms with E-state index in [0.29, 0.717) is 26.2 Å². The number of esters is 3. The number of rotatable bonds is 54. The zero-order valence-corrected chi connectivity index (χ0v) is 48.8. The van der Waals surface area contributed by atoms with Crippen LogP contribution in [0.25, 0.3) is 0 Å². The lowest BCUT2D eigenvalue weighted by Crippen LogP contribution is -2.34. The van der Waals surface area contributed by atoms with E-state index in [1.54, 1.807) is 0 Å². The van der Waals surface area contributed by atoms with Gasteiger partial charge in [-0.3, -0.25) is 14.4 Å². The number of nitrogens with zero attached hydrogens (tertiary/aromatic N) is 1. The normalized spacial score (nSPS) is 13.7. The molecule has 0 radical (unpaired) electrons. The molecule has 8 heteroatoms. The summed E-state index contributed by atoms with van der Waals surface area (Å²) < 4.78 is 17.6. The van der Waals surface area contributed by atoms with Gasteiger partial charge in [0.1, 0.15) is 0 Å². The second kappa shape index (κ2) is 50.2. The Morgan fingerprint density at radius 3 is 1.01 bits per heavy atom. The topological polar surface area (TPSA) is 102 Å². The minimum absolute atomic E-state index is 0.0163. The van der Waals surface area contributed by atoms with Crippen LogP contribution in [0.1, 0.15) is 329 Å². The highest BCUT2D eigenvalue weighted by Gasteiger charge is 2.27. The molecule has 0 bridgehead atoms. The Morgan fingerprint density at radius 2 is 0.667 bits per heavy atom. The molecule has 0 atom stereocenters. The van der Waals surface area contributed by atoms with Gasteiger partial charge in [-0.2, -0.15) is 0 Å². The number of hydrogen-bond donors (Lipinski definition) is 1. The van der Waals surface area contributed by atoms with E-state index in [4.69, 9.17) is 14.2 Å².